The fourth-order valence-electron chi connectivity index (χ4n) is 4.65. The van der Waals surface area contributed by atoms with Crippen molar-refractivity contribution in [3.63, 3.8) is 0 Å². The Bertz CT molecular complexity index is 825. The summed E-state index contributed by atoms with van der Waals surface area (Å²) in [7, 11) is 0. The number of likely N-dealkylation sites (tertiary alicyclic amines) is 1. The first-order valence-electron chi connectivity index (χ1n) is 9.10. The molecule has 2 atom stereocenters. The Kier molecular flexibility index (Phi) is 4.04. The van der Waals surface area contributed by atoms with E-state index >= 15 is 0 Å². The second kappa shape index (κ2) is 5.99. The van der Waals surface area contributed by atoms with Crippen LogP contribution in [-0.2, 0) is 10.3 Å². The van der Waals surface area contributed by atoms with Crippen molar-refractivity contribution in [3.8, 4) is 0 Å². The van der Waals surface area contributed by atoms with Crippen molar-refractivity contribution in [1.82, 2.24) is 14.7 Å². The summed E-state index contributed by atoms with van der Waals surface area (Å²) in [6.07, 6.45) is 4.47. The number of amides is 1. The van der Waals surface area contributed by atoms with E-state index in [1.54, 1.807) is 0 Å². The van der Waals surface area contributed by atoms with Gasteiger partial charge in [0.2, 0.25) is 5.91 Å². The number of piperidine rings is 1. The average Bonchev–Trinajstić information content (AvgIpc) is 3.12. The van der Waals surface area contributed by atoms with E-state index < -0.39 is 11.6 Å². The highest BCUT2D eigenvalue weighted by molar-refractivity contribution is 6.31. The predicted octanol–water partition coefficient (Wildman–Crippen LogP) is 3.49. The van der Waals surface area contributed by atoms with Crippen LogP contribution >= 0.6 is 11.6 Å². The Morgan fingerprint density at radius 2 is 2.12 bits per heavy atom. The third kappa shape index (κ3) is 2.40. The van der Waals surface area contributed by atoms with Crippen LogP contribution in [0.1, 0.15) is 51.2 Å². The Balaban J connectivity index is 1.62. The van der Waals surface area contributed by atoms with Crippen LogP contribution in [0.4, 0.5) is 0 Å². The molecular formula is C19H24ClN3O2. The maximum Gasteiger partial charge on any atom is 0.222 e. The molecule has 0 aliphatic carbocycles. The van der Waals surface area contributed by atoms with E-state index in [-0.39, 0.29) is 11.8 Å². The van der Waals surface area contributed by atoms with Crippen LogP contribution in [-0.4, -0.2) is 38.8 Å². The number of aliphatic hydroxyl groups is 1. The van der Waals surface area contributed by atoms with Crippen LogP contribution in [0.15, 0.2) is 18.3 Å². The number of hydrogen-bond donors (Lipinski definition) is 1. The van der Waals surface area contributed by atoms with Gasteiger partial charge in [-0.1, -0.05) is 18.5 Å². The van der Waals surface area contributed by atoms with Crippen molar-refractivity contribution in [2.45, 2.75) is 51.2 Å². The molecule has 1 aromatic carbocycles. The van der Waals surface area contributed by atoms with E-state index in [0.717, 1.165) is 48.8 Å². The first kappa shape index (κ1) is 16.9. The molecule has 5 nitrogen and oxygen atoms in total. The smallest absolute Gasteiger partial charge is 0.222 e. The Hall–Kier alpha value is -1.59. The van der Waals surface area contributed by atoms with E-state index in [0.29, 0.717) is 11.4 Å². The Morgan fingerprint density at radius 3 is 2.80 bits per heavy atom. The number of benzene rings is 1. The molecule has 4 rings (SSSR count). The maximum absolute atomic E-state index is 12.1. The molecule has 0 bridgehead atoms. The molecule has 25 heavy (non-hydrogen) atoms. The molecule has 2 unspecified atom stereocenters. The summed E-state index contributed by atoms with van der Waals surface area (Å²) in [5, 5.41) is 17.3. The predicted molar refractivity (Wildman–Crippen MR) is 97.6 cm³/mol. The summed E-state index contributed by atoms with van der Waals surface area (Å²) in [4.78, 5) is 14.1. The molecule has 134 valence electrons. The molecule has 2 aliphatic heterocycles. The molecule has 1 saturated heterocycles. The van der Waals surface area contributed by atoms with Gasteiger partial charge in [0.25, 0.3) is 0 Å². The summed E-state index contributed by atoms with van der Waals surface area (Å²) in [5.74, 6) is 0.511. The van der Waals surface area contributed by atoms with Crippen molar-refractivity contribution in [1.29, 1.82) is 0 Å². The lowest BCUT2D eigenvalue weighted by Gasteiger charge is -2.43. The van der Waals surface area contributed by atoms with E-state index in [1.807, 2.05) is 34.8 Å². The van der Waals surface area contributed by atoms with Crippen molar-refractivity contribution in [2.24, 2.45) is 5.92 Å². The second-order valence-electron chi connectivity index (χ2n) is 7.52. The zero-order valence-corrected chi connectivity index (χ0v) is 15.5. The van der Waals surface area contributed by atoms with E-state index in [4.69, 9.17) is 11.6 Å². The van der Waals surface area contributed by atoms with Crippen LogP contribution in [0.5, 0.6) is 0 Å². The fraction of sp³-hybridized carbons (Fsp3) is 0.579. The monoisotopic (exact) mass is 361 g/mol. The highest BCUT2D eigenvalue weighted by Gasteiger charge is 2.50. The zero-order valence-electron chi connectivity index (χ0n) is 14.7. The van der Waals surface area contributed by atoms with Gasteiger partial charge in [-0.3, -0.25) is 9.48 Å². The van der Waals surface area contributed by atoms with Gasteiger partial charge in [-0.05, 0) is 44.2 Å². The third-order valence-electron chi connectivity index (χ3n) is 6.10. The van der Waals surface area contributed by atoms with E-state index in [1.165, 1.54) is 0 Å². The summed E-state index contributed by atoms with van der Waals surface area (Å²) in [5.41, 5.74) is 1.37. The fourth-order valence-corrected chi connectivity index (χ4v) is 4.88. The molecule has 3 heterocycles. The SMILES string of the molecule is CCCC(=O)N1CCC(C2(C)C(O)c3cc(Cl)cc4cnn2c34)CC1. The zero-order chi connectivity index (χ0) is 17.8. The number of hydrogen-bond acceptors (Lipinski definition) is 3. The second-order valence-corrected chi connectivity index (χ2v) is 7.96. The molecule has 1 amide bonds. The van der Waals surface area contributed by atoms with Crippen molar-refractivity contribution >= 4 is 28.4 Å². The van der Waals surface area contributed by atoms with Crippen LogP contribution in [0, 0.1) is 5.92 Å². The van der Waals surface area contributed by atoms with E-state index in [2.05, 4.69) is 12.0 Å². The van der Waals surface area contributed by atoms with Crippen molar-refractivity contribution < 1.29 is 9.90 Å². The lowest BCUT2D eigenvalue weighted by molar-refractivity contribution is -0.133. The van der Waals surface area contributed by atoms with Gasteiger partial charge in [0.05, 0.1) is 17.3 Å². The largest absolute Gasteiger partial charge is 0.386 e. The molecule has 0 spiro atoms. The number of halogens is 1. The lowest BCUT2D eigenvalue weighted by Crippen LogP contribution is -2.48. The summed E-state index contributed by atoms with van der Waals surface area (Å²) < 4.78 is 1.99. The molecule has 0 saturated carbocycles. The molecule has 0 radical (unpaired) electrons. The number of aliphatic hydroxyl groups excluding tert-OH is 1. The standard InChI is InChI=1S/C19H24ClN3O2/c1-3-4-16(24)22-7-5-13(6-8-22)19(2)18(25)15-10-14(20)9-12-11-21-23(19)17(12)15/h9-11,13,18,25H,3-8H2,1-2H3. The van der Waals surface area contributed by atoms with Crippen LogP contribution in [0.2, 0.25) is 5.02 Å². The van der Waals surface area contributed by atoms with Gasteiger partial charge >= 0.3 is 0 Å². The number of aromatic nitrogens is 2. The van der Waals surface area contributed by atoms with Gasteiger partial charge < -0.3 is 10.0 Å². The highest BCUT2D eigenvalue weighted by Crippen LogP contribution is 2.51. The van der Waals surface area contributed by atoms with Crippen LogP contribution in [0.25, 0.3) is 10.9 Å². The minimum Gasteiger partial charge on any atom is -0.386 e. The topological polar surface area (TPSA) is 58.4 Å². The first-order chi connectivity index (χ1) is 12.0. The molecule has 2 aromatic rings. The normalized spacial score (nSPS) is 26.6. The third-order valence-corrected chi connectivity index (χ3v) is 6.32. The molecular weight excluding hydrogens is 338 g/mol. The Labute approximate surface area is 152 Å². The molecule has 1 aromatic heterocycles. The number of nitrogens with zero attached hydrogens (tertiary/aromatic N) is 3. The average molecular weight is 362 g/mol. The van der Waals surface area contributed by atoms with Crippen LogP contribution in [0.3, 0.4) is 0 Å². The quantitative estimate of drug-likeness (QED) is 0.910. The maximum atomic E-state index is 12.1. The first-order valence-corrected chi connectivity index (χ1v) is 9.48. The van der Waals surface area contributed by atoms with Crippen LogP contribution < -0.4 is 0 Å². The van der Waals surface area contributed by atoms with E-state index in [9.17, 15) is 9.90 Å². The summed E-state index contributed by atoms with van der Waals surface area (Å²) in [6, 6.07) is 3.76. The minimum absolute atomic E-state index is 0.245. The molecule has 2 aliphatic rings. The molecule has 6 heteroatoms. The number of rotatable bonds is 3. The number of carbonyl (C=O) groups is 1. The van der Waals surface area contributed by atoms with Gasteiger partial charge in [-0.2, -0.15) is 5.10 Å². The molecule has 1 fully saturated rings. The van der Waals surface area contributed by atoms with Gasteiger partial charge in [0, 0.05) is 35.5 Å². The summed E-state index contributed by atoms with van der Waals surface area (Å²) in [6.45, 7) is 5.64. The van der Waals surface area contributed by atoms with Gasteiger partial charge in [-0.15, -0.1) is 0 Å². The van der Waals surface area contributed by atoms with Gasteiger partial charge in [-0.25, -0.2) is 0 Å². The summed E-state index contributed by atoms with van der Waals surface area (Å²) >= 11 is 6.22. The van der Waals surface area contributed by atoms with Gasteiger partial charge in [0.15, 0.2) is 0 Å². The van der Waals surface area contributed by atoms with Crippen molar-refractivity contribution in [2.75, 3.05) is 13.1 Å². The highest BCUT2D eigenvalue weighted by atomic mass is 35.5. The van der Waals surface area contributed by atoms with Crippen molar-refractivity contribution in [3.05, 3.63) is 28.9 Å². The lowest BCUT2D eigenvalue weighted by atomic mass is 9.75. The Morgan fingerprint density at radius 1 is 1.40 bits per heavy atom. The molecule has 1 N–H and O–H groups in total. The number of carbonyl (C=O) groups excluding carboxylic acids is 1. The minimum atomic E-state index is -0.625. The van der Waals surface area contributed by atoms with Gasteiger partial charge in [0.1, 0.15) is 6.10 Å².